The van der Waals surface area contributed by atoms with Crippen molar-refractivity contribution in [1.82, 2.24) is 14.5 Å². The van der Waals surface area contributed by atoms with Crippen LogP contribution in [0.25, 0.3) is 94.5 Å². The lowest BCUT2D eigenvalue weighted by molar-refractivity contribution is 1.17. The second-order valence-corrected chi connectivity index (χ2v) is 14.6. The lowest BCUT2D eigenvalue weighted by atomic mass is 9.94. The summed E-state index contributed by atoms with van der Waals surface area (Å²) in [6.45, 7) is 0. The highest BCUT2D eigenvalue weighted by atomic mass is 15.0. The van der Waals surface area contributed by atoms with Crippen LogP contribution in [-0.4, -0.2) is 14.5 Å². The van der Waals surface area contributed by atoms with Gasteiger partial charge in [-0.25, -0.2) is 0 Å². The molecule has 0 N–H and O–H groups in total. The van der Waals surface area contributed by atoms with Crippen LogP contribution < -0.4 is 0 Å². The van der Waals surface area contributed by atoms with Crippen molar-refractivity contribution < 1.29 is 0 Å². The summed E-state index contributed by atoms with van der Waals surface area (Å²) in [4.78, 5) is 9.45. The monoisotopic (exact) mass is 713 g/mol. The zero-order chi connectivity index (χ0) is 37.0. The molecule has 0 fully saturated rings. The minimum Gasteiger partial charge on any atom is -0.309 e. The van der Waals surface area contributed by atoms with Gasteiger partial charge in [-0.3, -0.25) is 9.97 Å². The van der Waals surface area contributed by atoms with Crippen LogP contribution in [0.15, 0.2) is 200 Å². The molecule has 0 spiro atoms. The fraction of sp³-hybridized carbons (Fsp3) is 0.0189. The Morgan fingerprint density at radius 3 is 1.41 bits per heavy atom. The summed E-state index contributed by atoms with van der Waals surface area (Å²) in [5.41, 5.74) is 20.2. The van der Waals surface area contributed by atoms with Gasteiger partial charge in [-0.1, -0.05) is 121 Å². The molecule has 3 aromatic heterocycles. The number of hydrogen-bond donors (Lipinski definition) is 0. The Morgan fingerprint density at radius 1 is 0.339 bits per heavy atom. The Hall–Kier alpha value is -7.36. The first-order valence-corrected chi connectivity index (χ1v) is 19.2. The van der Waals surface area contributed by atoms with E-state index in [0.29, 0.717) is 0 Å². The maximum absolute atomic E-state index is 4.73. The van der Waals surface area contributed by atoms with Crippen LogP contribution >= 0.6 is 0 Å². The average molecular weight is 714 g/mol. The van der Waals surface area contributed by atoms with Gasteiger partial charge >= 0.3 is 0 Å². The summed E-state index contributed by atoms with van der Waals surface area (Å²) in [7, 11) is 0. The molecule has 3 nitrogen and oxygen atoms in total. The molecule has 11 rings (SSSR count). The largest absolute Gasteiger partial charge is 0.309 e. The summed E-state index contributed by atoms with van der Waals surface area (Å²) in [6.07, 6.45) is 4.68. The quantitative estimate of drug-likeness (QED) is 0.172. The summed E-state index contributed by atoms with van der Waals surface area (Å²) >= 11 is 0. The summed E-state index contributed by atoms with van der Waals surface area (Å²) < 4.78 is 2.45. The maximum Gasteiger partial charge on any atom is 0.0708 e. The number of pyridine rings is 2. The molecule has 56 heavy (non-hydrogen) atoms. The number of benzene rings is 7. The van der Waals surface area contributed by atoms with Gasteiger partial charge in [-0.2, -0.15) is 0 Å². The Morgan fingerprint density at radius 2 is 0.839 bits per heavy atom. The third-order valence-corrected chi connectivity index (χ3v) is 11.4. The minimum absolute atomic E-state index is 0.950. The Kier molecular flexibility index (Phi) is 7.56. The van der Waals surface area contributed by atoms with Gasteiger partial charge in [0, 0.05) is 40.0 Å². The second kappa shape index (κ2) is 13.2. The number of nitrogens with zero attached hydrogens (tertiary/aromatic N) is 3. The van der Waals surface area contributed by atoms with Gasteiger partial charge in [0.15, 0.2) is 0 Å². The average Bonchev–Trinajstić information content (AvgIpc) is 3.81. The molecule has 0 atom stereocenters. The molecule has 0 bridgehead atoms. The summed E-state index contributed by atoms with van der Waals surface area (Å²) in [5.74, 6) is 0. The van der Waals surface area contributed by atoms with Crippen LogP contribution in [0.1, 0.15) is 11.1 Å². The number of hydrogen-bond acceptors (Lipinski definition) is 2. The number of aromatic nitrogens is 3. The van der Waals surface area contributed by atoms with E-state index in [9.17, 15) is 0 Å². The van der Waals surface area contributed by atoms with Gasteiger partial charge < -0.3 is 4.57 Å². The fourth-order valence-corrected chi connectivity index (χ4v) is 8.70. The van der Waals surface area contributed by atoms with Crippen molar-refractivity contribution in [2.75, 3.05) is 0 Å². The van der Waals surface area contributed by atoms with Crippen molar-refractivity contribution in [3.8, 4) is 72.7 Å². The van der Waals surface area contributed by atoms with Crippen LogP contribution in [-0.2, 0) is 6.42 Å². The lowest BCUT2D eigenvalue weighted by Crippen LogP contribution is -1.95. The molecule has 0 radical (unpaired) electrons. The predicted molar refractivity (Wildman–Crippen MR) is 232 cm³/mol. The SMILES string of the molecule is c1ccc(-c2ccc3c(c2)-c2cc(-n4c5ccc(-c6ccccc6-c6ccccn6)cc5c5cc(-c6ccccc6-c6ccccn6)ccc54)ccc2C3)cc1. The highest BCUT2D eigenvalue weighted by Crippen LogP contribution is 2.43. The van der Waals surface area contributed by atoms with Crippen molar-refractivity contribution in [1.29, 1.82) is 0 Å². The van der Waals surface area contributed by atoms with Crippen molar-refractivity contribution in [2.45, 2.75) is 6.42 Å². The van der Waals surface area contributed by atoms with E-state index in [0.717, 1.165) is 56.9 Å². The van der Waals surface area contributed by atoms with Crippen molar-refractivity contribution in [2.24, 2.45) is 0 Å². The zero-order valence-electron chi connectivity index (χ0n) is 30.6. The van der Waals surface area contributed by atoms with Crippen LogP contribution in [0.4, 0.5) is 0 Å². The van der Waals surface area contributed by atoms with E-state index in [1.54, 1.807) is 0 Å². The van der Waals surface area contributed by atoms with E-state index in [-0.39, 0.29) is 0 Å². The third kappa shape index (κ3) is 5.36. The van der Waals surface area contributed by atoms with Gasteiger partial charge in [0.25, 0.3) is 0 Å². The van der Waals surface area contributed by atoms with E-state index in [2.05, 4.69) is 180 Å². The van der Waals surface area contributed by atoms with Crippen LogP contribution in [0, 0.1) is 0 Å². The third-order valence-electron chi connectivity index (χ3n) is 11.4. The molecule has 0 amide bonds. The summed E-state index contributed by atoms with van der Waals surface area (Å²) in [5, 5.41) is 2.41. The van der Waals surface area contributed by atoms with E-state index in [1.165, 1.54) is 55.2 Å². The molecule has 3 heterocycles. The molecular formula is C53H35N3. The molecule has 1 aliphatic rings. The number of rotatable bonds is 6. The molecule has 0 saturated carbocycles. The molecule has 0 unspecified atom stereocenters. The van der Waals surface area contributed by atoms with Gasteiger partial charge in [0.2, 0.25) is 0 Å². The molecule has 1 aliphatic carbocycles. The first kappa shape index (κ1) is 32.1. The second-order valence-electron chi connectivity index (χ2n) is 14.6. The smallest absolute Gasteiger partial charge is 0.0708 e. The van der Waals surface area contributed by atoms with Crippen molar-refractivity contribution >= 4 is 21.8 Å². The van der Waals surface area contributed by atoms with Gasteiger partial charge in [-0.05, 0) is 129 Å². The normalized spacial score (nSPS) is 11.9. The van der Waals surface area contributed by atoms with E-state index in [4.69, 9.17) is 9.97 Å². The van der Waals surface area contributed by atoms with Crippen molar-refractivity contribution in [3.63, 3.8) is 0 Å². The van der Waals surface area contributed by atoms with E-state index < -0.39 is 0 Å². The van der Waals surface area contributed by atoms with Crippen molar-refractivity contribution in [3.05, 3.63) is 212 Å². The van der Waals surface area contributed by atoms with Gasteiger partial charge in [0.05, 0.1) is 22.4 Å². The first-order valence-electron chi connectivity index (χ1n) is 19.2. The van der Waals surface area contributed by atoms with Gasteiger partial charge in [-0.15, -0.1) is 0 Å². The van der Waals surface area contributed by atoms with E-state index in [1.807, 2.05) is 24.5 Å². The molecule has 10 aromatic rings. The standard InChI is InChI=1S/C53H35N3/c1-2-12-35(13-3-1)36-20-21-37-30-38-22-25-41(34-47(38)46(37)31-36)56-52-26-23-39(42-14-4-6-16-44(42)50-18-8-10-28-54-50)32-48(52)49-33-40(24-27-53(49)56)43-15-5-7-17-45(43)51-19-9-11-29-55-51/h1-29,31-34H,30H2. The zero-order valence-corrected chi connectivity index (χ0v) is 30.6. The molecule has 262 valence electrons. The Bertz CT molecular complexity index is 2950. The van der Waals surface area contributed by atoms with E-state index >= 15 is 0 Å². The predicted octanol–water partition coefficient (Wildman–Crippen LogP) is 13.5. The molecule has 3 heteroatoms. The number of fused-ring (bicyclic) bond motifs is 6. The van der Waals surface area contributed by atoms with Crippen LogP contribution in [0.3, 0.4) is 0 Å². The highest BCUT2D eigenvalue weighted by Gasteiger charge is 2.22. The molecule has 0 aliphatic heterocycles. The fourth-order valence-electron chi connectivity index (χ4n) is 8.70. The van der Waals surface area contributed by atoms with Gasteiger partial charge in [0.1, 0.15) is 0 Å². The van der Waals surface area contributed by atoms with Crippen LogP contribution in [0.5, 0.6) is 0 Å². The Labute approximate surface area is 325 Å². The molecular weight excluding hydrogens is 679 g/mol. The minimum atomic E-state index is 0.950. The topological polar surface area (TPSA) is 30.7 Å². The maximum atomic E-state index is 4.73. The molecule has 0 saturated heterocycles. The molecule has 7 aromatic carbocycles. The van der Waals surface area contributed by atoms with Crippen LogP contribution in [0.2, 0.25) is 0 Å². The first-order chi connectivity index (χ1) is 27.8. The highest BCUT2D eigenvalue weighted by molar-refractivity contribution is 6.12. The summed E-state index contributed by atoms with van der Waals surface area (Å²) in [6, 6.07) is 68.0. The Balaban J connectivity index is 1.12. The lowest BCUT2D eigenvalue weighted by Gasteiger charge is -2.13.